The number of rotatable bonds is 6. The van der Waals surface area contributed by atoms with E-state index in [-0.39, 0.29) is 29.7 Å². The number of thiophene rings is 1. The second-order valence-electron chi connectivity index (χ2n) is 7.17. The molecule has 158 valence electrons. The predicted octanol–water partition coefficient (Wildman–Crippen LogP) is 3.11. The van der Waals surface area contributed by atoms with E-state index in [2.05, 4.69) is 10.3 Å². The van der Waals surface area contributed by atoms with Gasteiger partial charge in [0.1, 0.15) is 4.83 Å². The molecule has 2 amide bonds. The third kappa shape index (κ3) is 4.73. The number of fused-ring (bicyclic) bond motifs is 1. The zero-order valence-electron chi connectivity index (χ0n) is 17.6. The molecule has 0 aliphatic heterocycles. The van der Waals surface area contributed by atoms with Crippen molar-refractivity contribution in [3.8, 4) is 0 Å². The highest BCUT2D eigenvalue weighted by molar-refractivity contribution is 7.99. The van der Waals surface area contributed by atoms with Crippen molar-refractivity contribution in [2.75, 3.05) is 24.7 Å². The maximum Gasteiger partial charge on any atom is 0.262 e. The Morgan fingerprint density at radius 1 is 1.20 bits per heavy atom. The van der Waals surface area contributed by atoms with E-state index in [4.69, 9.17) is 0 Å². The standard InChI is InChI=1S/C21H24N4O3S2/c1-12-6-8-15(9-7-12)22-16(26)10-24(4)17(27)11-29-21-23-19-18(20(28)25(21)5)13(2)14(3)30-19/h6-9H,10-11H2,1-5H3,(H,22,26). The van der Waals surface area contributed by atoms with Gasteiger partial charge in [0.05, 0.1) is 17.7 Å². The Balaban J connectivity index is 1.62. The van der Waals surface area contributed by atoms with Crippen molar-refractivity contribution in [3.63, 3.8) is 0 Å². The lowest BCUT2D eigenvalue weighted by molar-refractivity contribution is -0.131. The lowest BCUT2D eigenvalue weighted by atomic mass is 10.2. The highest BCUT2D eigenvalue weighted by Crippen LogP contribution is 2.28. The van der Waals surface area contributed by atoms with Gasteiger partial charge >= 0.3 is 0 Å². The first-order valence-corrected chi connectivity index (χ1v) is 11.2. The second kappa shape index (κ2) is 9.01. The molecule has 2 heterocycles. The van der Waals surface area contributed by atoms with Crippen molar-refractivity contribution < 1.29 is 9.59 Å². The first kappa shape index (κ1) is 22.0. The van der Waals surface area contributed by atoms with Crippen LogP contribution in [0.4, 0.5) is 5.69 Å². The average Bonchev–Trinajstić information content (AvgIpc) is 2.98. The molecule has 0 aliphatic carbocycles. The van der Waals surface area contributed by atoms with Crippen LogP contribution in [0.2, 0.25) is 0 Å². The molecule has 0 radical (unpaired) electrons. The zero-order chi connectivity index (χ0) is 22.0. The number of amides is 2. The number of carbonyl (C=O) groups is 2. The van der Waals surface area contributed by atoms with E-state index in [1.54, 1.807) is 14.1 Å². The Morgan fingerprint density at radius 3 is 2.53 bits per heavy atom. The van der Waals surface area contributed by atoms with Crippen LogP contribution in [0.1, 0.15) is 16.0 Å². The number of nitrogens with one attached hydrogen (secondary N) is 1. The minimum absolute atomic E-state index is 0.0536. The Bertz CT molecular complexity index is 1170. The molecule has 1 N–H and O–H groups in total. The molecule has 30 heavy (non-hydrogen) atoms. The fourth-order valence-electron chi connectivity index (χ4n) is 2.86. The zero-order valence-corrected chi connectivity index (χ0v) is 19.2. The minimum Gasteiger partial charge on any atom is -0.336 e. The highest BCUT2D eigenvalue weighted by Gasteiger charge is 2.18. The summed E-state index contributed by atoms with van der Waals surface area (Å²) in [6, 6.07) is 7.46. The third-order valence-corrected chi connectivity index (χ3v) is 6.95. The van der Waals surface area contributed by atoms with Gasteiger partial charge in [-0.05, 0) is 38.5 Å². The molecule has 3 aromatic rings. The van der Waals surface area contributed by atoms with E-state index in [0.29, 0.717) is 21.1 Å². The summed E-state index contributed by atoms with van der Waals surface area (Å²) in [6.45, 7) is 5.80. The molecule has 0 saturated carbocycles. The minimum atomic E-state index is -0.267. The van der Waals surface area contributed by atoms with Crippen LogP contribution < -0.4 is 10.9 Å². The largest absolute Gasteiger partial charge is 0.336 e. The summed E-state index contributed by atoms with van der Waals surface area (Å²) in [5.41, 5.74) is 2.64. The molecular formula is C21H24N4O3S2. The first-order chi connectivity index (χ1) is 14.2. The van der Waals surface area contributed by atoms with Crippen molar-refractivity contribution in [1.82, 2.24) is 14.5 Å². The third-order valence-electron chi connectivity index (χ3n) is 4.84. The fraction of sp³-hybridized carbons (Fsp3) is 0.333. The number of hydrogen-bond acceptors (Lipinski definition) is 6. The maximum atomic E-state index is 12.7. The molecule has 0 aliphatic rings. The Kier molecular flexibility index (Phi) is 6.62. The van der Waals surface area contributed by atoms with E-state index in [1.165, 1.54) is 32.6 Å². The molecule has 3 rings (SSSR count). The normalized spacial score (nSPS) is 11.0. The summed E-state index contributed by atoms with van der Waals surface area (Å²) in [4.78, 5) is 45.0. The van der Waals surface area contributed by atoms with Gasteiger partial charge in [0.25, 0.3) is 5.56 Å². The van der Waals surface area contributed by atoms with Crippen LogP contribution >= 0.6 is 23.1 Å². The average molecular weight is 445 g/mol. The number of aryl methyl sites for hydroxylation is 3. The molecule has 2 aromatic heterocycles. The smallest absolute Gasteiger partial charge is 0.262 e. The molecule has 0 bridgehead atoms. The first-order valence-electron chi connectivity index (χ1n) is 9.37. The Hall–Kier alpha value is -2.65. The summed E-state index contributed by atoms with van der Waals surface area (Å²) >= 11 is 2.68. The van der Waals surface area contributed by atoms with E-state index in [9.17, 15) is 14.4 Å². The van der Waals surface area contributed by atoms with Gasteiger partial charge in [-0.25, -0.2) is 4.98 Å². The van der Waals surface area contributed by atoms with Crippen LogP contribution in [0.3, 0.4) is 0 Å². The number of hydrogen-bond donors (Lipinski definition) is 1. The summed E-state index contributed by atoms with van der Waals surface area (Å²) in [5, 5.41) is 3.90. The van der Waals surface area contributed by atoms with Crippen LogP contribution in [0, 0.1) is 20.8 Å². The number of anilines is 1. The molecule has 0 atom stereocenters. The van der Waals surface area contributed by atoms with Gasteiger partial charge in [0.2, 0.25) is 11.8 Å². The van der Waals surface area contributed by atoms with Crippen LogP contribution in [0.5, 0.6) is 0 Å². The highest BCUT2D eigenvalue weighted by atomic mass is 32.2. The summed E-state index contributed by atoms with van der Waals surface area (Å²) in [7, 11) is 3.24. The van der Waals surface area contributed by atoms with Crippen molar-refractivity contribution in [2.24, 2.45) is 7.05 Å². The van der Waals surface area contributed by atoms with E-state index < -0.39 is 0 Å². The van der Waals surface area contributed by atoms with E-state index >= 15 is 0 Å². The van der Waals surface area contributed by atoms with Gasteiger partial charge in [-0.1, -0.05) is 29.5 Å². The van der Waals surface area contributed by atoms with Crippen LogP contribution in [-0.2, 0) is 16.6 Å². The summed E-state index contributed by atoms with van der Waals surface area (Å²) < 4.78 is 1.48. The van der Waals surface area contributed by atoms with Crippen LogP contribution in [0.15, 0.2) is 34.2 Å². The second-order valence-corrected chi connectivity index (χ2v) is 9.32. The number of aromatic nitrogens is 2. The van der Waals surface area contributed by atoms with Crippen molar-refractivity contribution in [2.45, 2.75) is 25.9 Å². The fourth-order valence-corrected chi connectivity index (χ4v) is 4.85. The lowest BCUT2D eigenvalue weighted by Gasteiger charge is -2.17. The molecule has 0 unspecified atom stereocenters. The quantitative estimate of drug-likeness (QED) is 0.467. The van der Waals surface area contributed by atoms with Crippen LogP contribution in [-0.4, -0.2) is 45.6 Å². The lowest BCUT2D eigenvalue weighted by Crippen LogP contribution is -2.36. The topological polar surface area (TPSA) is 84.3 Å². The molecule has 0 saturated heterocycles. The van der Waals surface area contributed by atoms with Gasteiger partial charge in [0.15, 0.2) is 5.16 Å². The number of thioether (sulfide) groups is 1. The predicted molar refractivity (Wildman–Crippen MR) is 123 cm³/mol. The molecule has 9 heteroatoms. The molecule has 1 aromatic carbocycles. The number of benzene rings is 1. The SMILES string of the molecule is Cc1ccc(NC(=O)CN(C)C(=O)CSc2nc3sc(C)c(C)c3c(=O)n2C)cc1. The molecule has 0 fully saturated rings. The van der Waals surface area contributed by atoms with Gasteiger partial charge in [-0.15, -0.1) is 11.3 Å². The van der Waals surface area contributed by atoms with Crippen molar-refractivity contribution in [3.05, 3.63) is 50.6 Å². The number of nitrogens with zero attached hydrogens (tertiary/aromatic N) is 3. The number of likely N-dealkylation sites (N-methyl/N-ethyl adjacent to an activating group) is 1. The number of carbonyl (C=O) groups excluding carboxylic acids is 2. The maximum absolute atomic E-state index is 12.7. The molecule has 7 nitrogen and oxygen atoms in total. The van der Waals surface area contributed by atoms with E-state index in [1.807, 2.05) is 45.0 Å². The van der Waals surface area contributed by atoms with Gasteiger partial charge in [-0.3, -0.25) is 19.0 Å². The van der Waals surface area contributed by atoms with Crippen LogP contribution in [0.25, 0.3) is 10.2 Å². The van der Waals surface area contributed by atoms with E-state index in [0.717, 1.165) is 16.0 Å². The summed E-state index contributed by atoms with van der Waals surface area (Å²) in [5.74, 6) is -0.396. The Labute approximate surface area is 183 Å². The van der Waals surface area contributed by atoms with Gasteiger partial charge < -0.3 is 10.2 Å². The van der Waals surface area contributed by atoms with Gasteiger partial charge in [0, 0.05) is 24.7 Å². The van der Waals surface area contributed by atoms with Crippen molar-refractivity contribution >= 4 is 50.8 Å². The molecular weight excluding hydrogens is 420 g/mol. The monoisotopic (exact) mass is 444 g/mol. The molecule has 0 spiro atoms. The Morgan fingerprint density at radius 2 is 1.87 bits per heavy atom. The summed E-state index contributed by atoms with van der Waals surface area (Å²) in [6.07, 6.45) is 0. The van der Waals surface area contributed by atoms with Gasteiger partial charge in [-0.2, -0.15) is 0 Å². The van der Waals surface area contributed by atoms with Crippen molar-refractivity contribution in [1.29, 1.82) is 0 Å².